The Morgan fingerprint density at radius 2 is 2.07 bits per heavy atom. The highest BCUT2D eigenvalue weighted by Crippen LogP contribution is 2.43. The van der Waals surface area contributed by atoms with Crippen molar-refractivity contribution in [3.8, 4) is 0 Å². The molecule has 3 aliphatic rings. The number of likely N-dealkylation sites (tertiary alicyclic amines) is 1. The molecule has 0 aromatic carbocycles. The van der Waals surface area contributed by atoms with Crippen molar-refractivity contribution < 1.29 is 0 Å². The lowest BCUT2D eigenvalue weighted by Crippen LogP contribution is -2.40. The van der Waals surface area contributed by atoms with Crippen LogP contribution in [-0.2, 0) is 0 Å². The van der Waals surface area contributed by atoms with Gasteiger partial charge >= 0.3 is 0 Å². The zero-order valence-corrected chi connectivity index (χ0v) is 10.0. The fourth-order valence-electron chi connectivity index (χ4n) is 3.78. The molecule has 2 heteroatoms. The van der Waals surface area contributed by atoms with Gasteiger partial charge in [0.15, 0.2) is 0 Å². The van der Waals surface area contributed by atoms with Gasteiger partial charge in [-0.2, -0.15) is 0 Å². The summed E-state index contributed by atoms with van der Waals surface area (Å²) in [4.78, 5) is 2.74. The third-order valence-corrected chi connectivity index (χ3v) is 5.02. The minimum Gasteiger partial charge on any atom is -0.316 e. The molecule has 0 radical (unpaired) electrons. The summed E-state index contributed by atoms with van der Waals surface area (Å²) < 4.78 is 0. The Bertz CT molecular complexity index is 239. The molecule has 0 bridgehead atoms. The van der Waals surface area contributed by atoms with E-state index in [0.717, 1.165) is 0 Å². The Morgan fingerprint density at radius 1 is 1.20 bits per heavy atom. The first-order valence-corrected chi connectivity index (χ1v) is 6.63. The Morgan fingerprint density at radius 3 is 2.67 bits per heavy atom. The van der Waals surface area contributed by atoms with E-state index in [1.54, 1.807) is 0 Å². The number of rotatable bonds is 2. The zero-order chi connectivity index (χ0) is 10.4. The van der Waals surface area contributed by atoms with E-state index in [4.69, 9.17) is 0 Å². The van der Waals surface area contributed by atoms with Crippen LogP contribution >= 0.6 is 0 Å². The van der Waals surface area contributed by atoms with Gasteiger partial charge in [0, 0.05) is 19.6 Å². The Kier molecular flexibility index (Phi) is 2.33. The molecule has 1 atom stereocenters. The average Bonchev–Trinajstić information content (AvgIpc) is 2.76. The van der Waals surface area contributed by atoms with Gasteiger partial charge in [-0.1, -0.05) is 13.3 Å². The van der Waals surface area contributed by atoms with Crippen molar-refractivity contribution >= 4 is 0 Å². The number of hydrogen-bond acceptors (Lipinski definition) is 2. The fraction of sp³-hybridized carbons (Fsp3) is 1.00. The van der Waals surface area contributed by atoms with Crippen molar-refractivity contribution in [2.24, 2.45) is 10.8 Å². The van der Waals surface area contributed by atoms with Crippen LogP contribution in [0.25, 0.3) is 0 Å². The molecule has 1 spiro atoms. The molecular weight excluding hydrogens is 184 g/mol. The van der Waals surface area contributed by atoms with Crippen LogP contribution in [0.4, 0.5) is 0 Å². The maximum Gasteiger partial charge on any atom is 0.00513 e. The SMILES string of the molecule is CC1(CN2CCC3(CCNC3)C2)CCC1. The Labute approximate surface area is 93.4 Å². The highest BCUT2D eigenvalue weighted by molar-refractivity contribution is 4.97. The molecule has 2 heterocycles. The van der Waals surface area contributed by atoms with E-state index in [2.05, 4.69) is 17.1 Å². The molecule has 1 unspecified atom stereocenters. The van der Waals surface area contributed by atoms with E-state index >= 15 is 0 Å². The van der Waals surface area contributed by atoms with Gasteiger partial charge in [0.2, 0.25) is 0 Å². The van der Waals surface area contributed by atoms with E-state index < -0.39 is 0 Å². The van der Waals surface area contributed by atoms with E-state index in [0.29, 0.717) is 10.8 Å². The van der Waals surface area contributed by atoms with Crippen molar-refractivity contribution in [1.29, 1.82) is 0 Å². The molecule has 15 heavy (non-hydrogen) atoms. The summed E-state index contributed by atoms with van der Waals surface area (Å²) in [5, 5.41) is 3.54. The second-order valence-corrected chi connectivity index (χ2v) is 6.55. The predicted molar refractivity (Wildman–Crippen MR) is 62.9 cm³/mol. The summed E-state index contributed by atoms with van der Waals surface area (Å²) in [6.07, 6.45) is 7.26. The van der Waals surface area contributed by atoms with Crippen molar-refractivity contribution in [2.45, 2.75) is 39.0 Å². The maximum atomic E-state index is 3.54. The summed E-state index contributed by atoms with van der Waals surface area (Å²) in [6, 6.07) is 0. The van der Waals surface area contributed by atoms with Crippen LogP contribution in [0.3, 0.4) is 0 Å². The molecule has 3 rings (SSSR count). The number of nitrogens with one attached hydrogen (secondary N) is 1. The topological polar surface area (TPSA) is 15.3 Å². The minimum atomic E-state index is 0.667. The maximum absolute atomic E-state index is 3.54. The third kappa shape index (κ3) is 1.83. The largest absolute Gasteiger partial charge is 0.316 e. The molecule has 86 valence electrons. The van der Waals surface area contributed by atoms with E-state index in [-0.39, 0.29) is 0 Å². The van der Waals surface area contributed by atoms with Crippen LogP contribution in [0, 0.1) is 10.8 Å². The van der Waals surface area contributed by atoms with Gasteiger partial charge in [0.25, 0.3) is 0 Å². The van der Waals surface area contributed by atoms with Crippen LogP contribution in [0.5, 0.6) is 0 Å². The van der Waals surface area contributed by atoms with E-state index in [9.17, 15) is 0 Å². The molecule has 0 amide bonds. The summed E-state index contributed by atoms with van der Waals surface area (Å²) >= 11 is 0. The molecule has 1 aliphatic carbocycles. The van der Waals surface area contributed by atoms with Crippen molar-refractivity contribution in [3.05, 3.63) is 0 Å². The average molecular weight is 208 g/mol. The second kappa shape index (κ2) is 3.46. The molecule has 0 aromatic rings. The predicted octanol–water partition coefficient (Wildman–Crippen LogP) is 1.86. The van der Waals surface area contributed by atoms with Crippen LogP contribution in [0.15, 0.2) is 0 Å². The van der Waals surface area contributed by atoms with Gasteiger partial charge < -0.3 is 10.2 Å². The summed E-state index contributed by atoms with van der Waals surface area (Å²) in [5.41, 5.74) is 1.34. The van der Waals surface area contributed by atoms with Crippen LogP contribution < -0.4 is 5.32 Å². The summed E-state index contributed by atoms with van der Waals surface area (Å²) in [5.74, 6) is 0. The Hall–Kier alpha value is -0.0800. The van der Waals surface area contributed by atoms with Crippen LogP contribution in [0.2, 0.25) is 0 Å². The van der Waals surface area contributed by atoms with Gasteiger partial charge in [0.05, 0.1) is 0 Å². The molecule has 2 nitrogen and oxygen atoms in total. The summed E-state index contributed by atoms with van der Waals surface area (Å²) in [7, 11) is 0. The van der Waals surface area contributed by atoms with Gasteiger partial charge in [-0.05, 0) is 49.6 Å². The molecule has 2 aliphatic heterocycles. The lowest BCUT2D eigenvalue weighted by Gasteiger charge is -2.41. The van der Waals surface area contributed by atoms with Gasteiger partial charge in [0.1, 0.15) is 0 Å². The highest BCUT2D eigenvalue weighted by atomic mass is 15.2. The normalized spacial score (nSPS) is 39.8. The molecule has 1 saturated carbocycles. The van der Waals surface area contributed by atoms with Gasteiger partial charge in [-0.3, -0.25) is 0 Å². The lowest BCUT2D eigenvalue weighted by molar-refractivity contribution is 0.0923. The second-order valence-electron chi connectivity index (χ2n) is 6.55. The molecular formula is C13H24N2. The molecule has 3 fully saturated rings. The third-order valence-electron chi connectivity index (χ3n) is 5.02. The van der Waals surface area contributed by atoms with Crippen LogP contribution in [0.1, 0.15) is 39.0 Å². The first-order valence-electron chi connectivity index (χ1n) is 6.63. The van der Waals surface area contributed by atoms with Gasteiger partial charge in [-0.15, -0.1) is 0 Å². The minimum absolute atomic E-state index is 0.667. The highest BCUT2D eigenvalue weighted by Gasteiger charge is 2.43. The van der Waals surface area contributed by atoms with Crippen molar-refractivity contribution in [1.82, 2.24) is 10.2 Å². The van der Waals surface area contributed by atoms with Gasteiger partial charge in [-0.25, -0.2) is 0 Å². The Balaban J connectivity index is 1.56. The lowest BCUT2D eigenvalue weighted by atomic mass is 9.70. The monoisotopic (exact) mass is 208 g/mol. The molecule has 1 N–H and O–H groups in total. The molecule has 2 saturated heterocycles. The quantitative estimate of drug-likeness (QED) is 0.745. The number of nitrogens with zero attached hydrogens (tertiary/aromatic N) is 1. The van der Waals surface area contributed by atoms with E-state index in [1.165, 1.54) is 64.8 Å². The fourth-order valence-corrected chi connectivity index (χ4v) is 3.78. The zero-order valence-electron chi connectivity index (χ0n) is 10.0. The van der Waals surface area contributed by atoms with E-state index in [1.807, 2.05) is 0 Å². The van der Waals surface area contributed by atoms with Crippen molar-refractivity contribution in [2.75, 3.05) is 32.7 Å². The summed E-state index contributed by atoms with van der Waals surface area (Å²) in [6.45, 7) is 9.11. The number of hydrogen-bond donors (Lipinski definition) is 1. The molecule has 0 aromatic heterocycles. The first kappa shape index (κ1) is 10.1. The standard InChI is InChI=1S/C13H24N2/c1-12(3-2-4-12)10-15-8-6-13(11-15)5-7-14-9-13/h14H,2-11H2,1H3. The smallest absolute Gasteiger partial charge is 0.00513 e. The first-order chi connectivity index (χ1) is 7.20. The van der Waals surface area contributed by atoms with Crippen molar-refractivity contribution in [3.63, 3.8) is 0 Å². The van der Waals surface area contributed by atoms with Crippen LogP contribution in [-0.4, -0.2) is 37.6 Å².